The van der Waals surface area contributed by atoms with Crippen LogP contribution in [0.5, 0.6) is 132 Å². The van der Waals surface area contributed by atoms with E-state index in [1.807, 2.05) is 0 Å². The summed E-state index contributed by atoms with van der Waals surface area (Å²) in [6.07, 6.45) is 0. The Labute approximate surface area is 400 Å². The van der Waals surface area contributed by atoms with Gasteiger partial charge in [0.25, 0.3) is 0 Å². The van der Waals surface area contributed by atoms with Crippen molar-refractivity contribution < 1.29 is 117 Å². The van der Waals surface area contributed by atoms with Crippen LogP contribution in [0.1, 0.15) is 0 Å². The van der Waals surface area contributed by atoms with Crippen molar-refractivity contribution in [2.45, 2.75) is 0 Å². The zero-order valence-electron chi connectivity index (χ0n) is 36.2. The van der Waals surface area contributed by atoms with E-state index >= 15 is 0 Å². The Balaban J connectivity index is 0.000000406. The van der Waals surface area contributed by atoms with Crippen LogP contribution in [0.15, 0.2) is 152 Å². The first-order valence-electron chi connectivity index (χ1n) is 19.1. The number of phenolic OH excluding ortho intramolecular Hbond substituents is 23. The van der Waals surface area contributed by atoms with Crippen molar-refractivity contribution in [3.63, 3.8) is 0 Å². The molecule has 8 aromatic rings. The first-order chi connectivity index (χ1) is 33.2. The van der Waals surface area contributed by atoms with Gasteiger partial charge in [-0.25, -0.2) is 0 Å². The van der Waals surface area contributed by atoms with Crippen molar-refractivity contribution in [3.05, 3.63) is 152 Å². The minimum absolute atomic E-state index is 0.0645. The van der Waals surface area contributed by atoms with E-state index in [4.69, 9.17) is 117 Å². The van der Waals surface area contributed by atoms with Gasteiger partial charge in [0.1, 0.15) is 51.7 Å². The van der Waals surface area contributed by atoms with E-state index in [1.54, 1.807) is 18.2 Å². The minimum atomic E-state index is -0.708. The summed E-state index contributed by atoms with van der Waals surface area (Å²) in [5, 5.41) is 200. The topological polar surface area (TPSA) is 465 Å². The summed E-state index contributed by atoms with van der Waals surface area (Å²) >= 11 is 0. The van der Waals surface area contributed by atoms with E-state index in [-0.39, 0.29) is 86.2 Å². The smallest absolute Gasteiger partial charge is 0.204 e. The Morgan fingerprint density at radius 3 is 0.690 bits per heavy atom. The third-order valence-corrected chi connectivity index (χ3v) is 7.56. The lowest BCUT2D eigenvalue weighted by Gasteiger charge is -2.00. The molecule has 23 nitrogen and oxygen atoms in total. The van der Waals surface area contributed by atoms with Crippen LogP contribution >= 0.6 is 0 Å². The van der Waals surface area contributed by atoms with E-state index in [1.165, 1.54) is 84.9 Å². The number of hydrogen-bond acceptors (Lipinski definition) is 23. The minimum Gasteiger partial charge on any atom is -0.508 e. The summed E-state index contributed by atoms with van der Waals surface area (Å²) in [6.45, 7) is 0. The quantitative estimate of drug-likeness (QED) is 0.0553. The van der Waals surface area contributed by atoms with Gasteiger partial charge in [-0.1, -0.05) is 24.3 Å². The van der Waals surface area contributed by atoms with Crippen LogP contribution in [0.2, 0.25) is 0 Å². The van der Waals surface area contributed by atoms with Crippen molar-refractivity contribution in [3.8, 4) is 132 Å². The third-order valence-electron chi connectivity index (χ3n) is 7.56. The second-order valence-electron chi connectivity index (χ2n) is 13.2. The molecule has 23 heteroatoms. The highest BCUT2D eigenvalue weighted by molar-refractivity contribution is 5.56. The van der Waals surface area contributed by atoms with Crippen LogP contribution in [-0.4, -0.2) is 117 Å². The lowest BCUT2D eigenvalue weighted by atomic mass is 10.3. The van der Waals surface area contributed by atoms with E-state index < -0.39 is 46.0 Å². The van der Waals surface area contributed by atoms with Gasteiger partial charge in [0.05, 0.1) is 0 Å². The van der Waals surface area contributed by atoms with Gasteiger partial charge in [0.2, 0.25) is 17.2 Å². The van der Waals surface area contributed by atoms with Crippen LogP contribution in [0.25, 0.3) is 0 Å². The highest BCUT2D eigenvalue weighted by atomic mass is 16.4. The van der Waals surface area contributed by atoms with Gasteiger partial charge in [0.15, 0.2) is 63.2 Å². The number of benzene rings is 8. The molecule has 0 radical (unpaired) electrons. The average Bonchev–Trinajstić information content (AvgIpc) is 3.30. The molecule has 0 aliphatic heterocycles. The van der Waals surface area contributed by atoms with Gasteiger partial charge in [-0.05, 0) is 84.9 Å². The Kier molecular flexibility index (Phi) is 23.7. The molecule has 8 rings (SSSR count). The molecule has 0 saturated carbocycles. The standard InChI is InChI=1S/2C6H6O4.3C6H6O3.3C6H6O2/c7-3-1-4(8)6(10)5(9)2-3;7-3-1-2-4(8)6(10)5(3)9;7-4-1-5(8)3-6(9)2-4;7-4-1-2-5(8)6(9)3-4;7-4-2-1-3-5(8)6(4)9;7-5-1-2-6(8)4-3-5;7-5-2-1-3-6(8)4-5;7-5-3-1-2-4-6(5)8/h2*1-2,7-10H;3*1-3,7-9H;3*1-4,7-8H. The predicted octanol–water partition coefficient (Wildman–Crippen LogP) is 6.72. The van der Waals surface area contributed by atoms with E-state index in [0.29, 0.717) is 0 Å². The summed E-state index contributed by atoms with van der Waals surface area (Å²) in [5.74, 6) is -6.13. The highest BCUT2D eigenvalue weighted by Gasteiger charge is 2.09. The number of para-hydroxylation sites is 3. The summed E-state index contributed by atoms with van der Waals surface area (Å²) < 4.78 is 0. The predicted molar refractivity (Wildman–Crippen MR) is 250 cm³/mol. The van der Waals surface area contributed by atoms with Crippen LogP contribution in [0.3, 0.4) is 0 Å². The lowest BCUT2D eigenvalue weighted by Crippen LogP contribution is -1.71. The molecule has 0 spiro atoms. The zero-order valence-corrected chi connectivity index (χ0v) is 36.2. The zero-order chi connectivity index (χ0) is 54.0. The van der Waals surface area contributed by atoms with Gasteiger partial charge in [-0.2, -0.15) is 0 Å². The molecule has 0 heterocycles. The number of hydrogen-bond donors (Lipinski definition) is 23. The summed E-state index contributed by atoms with van der Waals surface area (Å²) in [7, 11) is 0. The third kappa shape index (κ3) is 22.8. The van der Waals surface area contributed by atoms with Gasteiger partial charge >= 0.3 is 0 Å². The summed E-state index contributed by atoms with van der Waals surface area (Å²) in [5.41, 5.74) is 0. The molecule has 0 aliphatic rings. The molecular weight excluding hydrogens is 945 g/mol. The van der Waals surface area contributed by atoms with Crippen molar-refractivity contribution in [1.82, 2.24) is 0 Å². The van der Waals surface area contributed by atoms with E-state index in [2.05, 4.69) is 0 Å². The Morgan fingerprint density at radius 1 is 0.141 bits per heavy atom. The fourth-order valence-corrected chi connectivity index (χ4v) is 4.17. The number of rotatable bonds is 0. The summed E-state index contributed by atoms with van der Waals surface area (Å²) in [4.78, 5) is 0. The maximum absolute atomic E-state index is 8.73. The van der Waals surface area contributed by atoms with Crippen LogP contribution in [-0.2, 0) is 0 Å². The Hall–Kier alpha value is -10.8. The number of phenols is 23. The van der Waals surface area contributed by atoms with Gasteiger partial charge in [0, 0.05) is 42.5 Å². The Bertz CT molecular complexity index is 2690. The molecule has 0 bridgehead atoms. The molecule has 378 valence electrons. The second kappa shape index (κ2) is 28.9. The fourth-order valence-electron chi connectivity index (χ4n) is 4.17. The fraction of sp³-hybridized carbons (Fsp3) is 0. The molecular formula is C48H48O23. The molecule has 0 amide bonds. The van der Waals surface area contributed by atoms with Gasteiger partial charge in [-0.3, -0.25) is 0 Å². The largest absolute Gasteiger partial charge is 0.508 e. The van der Waals surface area contributed by atoms with Gasteiger partial charge < -0.3 is 117 Å². The normalized spacial score (nSPS) is 9.30. The maximum atomic E-state index is 8.73. The van der Waals surface area contributed by atoms with E-state index in [9.17, 15) is 0 Å². The molecule has 8 aromatic carbocycles. The average molecular weight is 993 g/mol. The molecule has 0 fully saturated rings. The Morgan fingerprint density at radius 2 is 0.380 bits per heavy atom. The molecule has 0 atom stereocenters. The van der Waals surface area contributed by atoms with Crippen molar-refractivity contribution in [2.24, 2.45) is 0 Å². The molecule has 0 aromatic heterocycles. The maximum Gasteiger partial charge on any atom is 0.204 e. The van der Waals surface area contributed by atoms with Crippen LogP contribution in [0, 0.1) is 0 Å². The van der Waals surface area contributed by atoms with Crippen LogP contribution < -0.4 is 0 Å². The van der Waals surface area contributed by atoms with Crippen LogP contribution in [0.4, 0.5) is 0 Å². The molecule has 0 unspecified atom stereocenters. The first-order valence-corrected chi connectivity index (χ1v) is 19.1. The van der Waals surface area contributed by atoms with E-state index in [0.717, 1.165) is 48.5 Å². The lowest BCUT2D eigenvalue weighted by molar-refractivity contribution is 0.346. The number of aromatic hydroxyl groups is 23. The molecule has 23 N–H and O–H groups in total. The van der Waals surface area contributed by atoms with Gasteiger partial charge in [-0.15, -0.1) is 0 Å². The van der Waals surface area contributed by atoms with Crippen molar-refractivity contribution >= 4 is 0 Å². The van der Waals surface area contributed by atoms with Crippen molar-refractivity contribution in [2.75, 3.05) is 0 Å². The first kappa shape index (κ1) is 58.2. The van der Waals surface area contributed by atoms with Crippen molar-refractivity contribution in [1.29, 1.82) is 0 Å². The molecule has 0 saturated heterocycles. The highest BCUT2D eigenvalue weighted by Crippen LogP contribution is 2.41. The summed E-state index contributed by atoms with van der Waals surface area (Å²) in [6, 6.07) is 32.7. The SMILES string of the molecule is Oc1cc(O)c(O)c(O)c1.Oc1cc(O)cc(O)c1.Oc1ccc(O)c(O)c1.Oc1ccc(O)c(O)c1O.Oc1ccc(O)cc1.Oc1cccc(O)c1.Oc1cccc(O)c1O.Oc1ccccc1O. The second-order valence-corrected chi connectivity index (χ2v) is 13.2. The molecule has 71 heavy (non-hydrogen) atoms. The monoisotopic (exact) mass is 992 g/mol. The molecule has 0 aliphatic carbocycles.